The van der Waals surface area contributed by atoms with Gasteiger partial charge in [-0.25, -0.2) is 14.8 Å². The van der Waals surface area contributed by atoms with Crippen molar-refractivity contribution in [1.82, 2.24) is 14.4 Å². The van der Waals surface area contributed by atoms with Crippen molar-refractivity contribution < 1.29 is 9.53 Å². The molecule has 118 valence electrons. The fourth-order valence-electron chi connectivity index (χ4n) is 2.65. The lowest BCUT2D eigenvalue weighted by Crippen LogP contribution is -2.01. The summed E-state index contributed by atoms with van der Waals surface area (Å²) in [6.45, 7) is 2.17. The van der Waals surface area contributed by atoms with E-state index in [-0.39, 0.29) is 5.97 Å². The lowest BCUT2D eigenvalue weighted by atomic mass is 10.2. The molecule has 0 unspecified atom stereocenters. The number of nitrogens with zero attached hydrogens (tertiary/aromatic N) is 3. The number of fused-ring (bicyclic) bond motifs is 1. The Balaban J connectivity index is 1.54. The highest BCUT2D eigenvalue weighted by Crippen LogP contribution is 2.39. The third-order valence-corrected chi connectivity index (χ3v) is 4.91. The molecule has 0 bridgehead atoms. The zero-order valence-corrected chi connectivity index (χ0v) is 13.7. The van der Waals surface area contributed by atoms with E-state index in [1.807, 2.05) is 6.20 Å². The molecule has 0 spiro atoms. The Morgan fingerprint density at radius 3 is 3.04 bits per heavy atom. The molecule has 1 aliphatic rings. The van der Waals surface area contributed by atoms with Gasteiger partial charge in [-0.2, -0.15) is 0 Å². The molecule has 3 heterocycles. The van der Waals surface area contributed by atoms with Gasteiger partial charge in [-0.05, 0) is 37.3 Å². The quantitative estimate of drug-likeness (QED) is 0.674. The molecule has 3 aromatic rings. The van der Waals surface area contributed by atoms with Gasteiger partial charge in [-0.15, -0.1) is 11.3 Å². The molecule has 0 atom stereocenters. The summed E-state index contributed by atoms with van der Waals surface area (Å²) in [6.07, 6.45) is 9.02. The van der Waals surface area contributed by atoms with E-state index in [1.54, 1.807) is 13.1 Å². The molecule has 0 saturated heterocycles. The highest BCUT2D eigenvalue weighted by atomic mass is 32.1. The number of ether oxygens (including phenoxy) is 1. The fraction of sp³-hybridized carbons (Fsp3) is 0.353. The van der Waals surface area contributed by atoms with Crippen LogP contribution in [-0.4, -0.2) is 26.9 Å². The smallest absolute Gasteiger partial charge is 0.349 e. The Hall–Kier alpha value is -2.21. The van der Waals surface area contributed by atoms with Gasteiger partial charge in [0, 0.05) is 18.8 Å². The van der Waals surface area contributed by atoms with Crippen LogP contribution in [0.15, 0.2) is 30.7 Å². The van der Waals surface area contributed by atoms with E-state index >= 15 is 0 Å². The van der Waals surface area contributed by atoms with Crippen LogP contribution in [0.3, 0.4) is 0 Å². The van der Waals surface area contributed by atoms with Gasteiger partial charge in [0.1, 0.15) is 10.5 Å². The van der Waals surface area contributed by atoms with Crippen LogP contribution in [0.25, 0.3) is 5.65 Å². The SMILES string of the molecule is CCOC(=O)c1cnc(Cc2cn3cc(C4CC4)ccc3n2)s1. The highest BCUT2D eigenvalue weighted by Gasteiger charge is 2.23. The molecule has 0 amide bonds. The fourth-order valence-corrected chi connectivity index (χ4v) is 3.48. The molecule has 0 aromatic carbocycles. The van der Waals surface area contributed by atoms with E-state index in [0.717, 1.165) is 22.3 Å². The van der Waals surface area contributed by atoms with E-state index in [2.05, 4.69) is 32.7 Å². The van der Waals surface area contributed by atoms with E-state index in [4.69, 9.17) is 4.74 Å². The maximum atomic E-state index is 11.7. The summed E-state index contributed by atoms with van der Waals surface area (Å²) >= 11 is 1.37. The normalized spacial score (nSPS) is 14.3. The topological polar surface area (TPSA) is 56.5 Å². The van der Waals surface area contributed by atoms with Crippen LogP contribution >= 0.6 is 11.3 Å². The van der Waals surface area contributed by atoms with E-state index < -0.39 is 0 Å². The average molecular weight is 327 g/mol. The van der Waals surface area contributed by atoms with Crippen molar-refractivity contribution in [3.8, 4) is 0 Å². The summed E-state index contributed by atoms with van der Waals surface area (Å²) in [4.78, 5) is 21.2. The first-order valence-corrected chi connectivity index (χ1v) is 8.64. The second kappa shape index (κ2) is 5.77. The molecule has 23 heavy (non-hydrogen) atoms. The van der Waals surface area contributed by atoms with Gasteiger partial charge >= 0.3 is 5.97 Å². The first-order valence-electron chi connectivity index (χ1n) is 7.82. The molecule has 1 aliphatic carbocycles. The molecule has 4 rings (SSSR count). The number of hydrogen-bond acceptors (Lipinski definition) is 5. The van der Waals surface area contributed by atoms with Crippen molar-refractivity contribution in [2.24, 2.45) is 0 Å². The van der Waals surface area contributed by atoms with Gasteiger partial charge in [0.05, 0.1) is 23.5 Å². The van der Waals surface area contributed by atoms with E-state index in [0.29, 0.717) is 17.9 Å². The average Bonchev–Trinajstić information content (AvgIpc) is 3.15. The number of aromatic nitrogens is 3. The number of esters is 1. The number of carbonyl (C=O) groups is 1. The van der Waals surface area contributed by atoms with Gasteiger partial charge in [-0.1, -0.05) is 6.07 Å². The minimum absolute atomic E-state index is 0.305. The van der Waals surface area contributed by atoms with Gasteiger partial charge < -0.3 is 9.14 Å². The number of pyridine rings is 1. The van der Waals surface area contributed by atoms with E-state index in [9.17, 15) is 4.79 Å². The molecular weight excluding hydrogens is 310 g/mol. The summed E-state index contributed by atoms with van der Waals surface area (Å²) in [6, 6.07) is 4.25. The summed E-state index contributed by atoms with van der Waals surface area (Å²) in [5.74, 6) is 0.427. The van der Waals surface area contributed by atoms with Crippen molar-refractivity contribution in [3.05, 3.63) is 51.9 Å². The predicted molar refractivity (Wildman–Crippen MR) is 88.0 cm³/mol. The van der Waals surface area contributed by atoms with Gasteiger partial charge in [0.25, 0.3) is 0 Å². The standard InChI is InChI=1S/C17H17N3O2S/c1-2-22-17(21)14-8-18-16(23-14)7-13-10-20-9-12(11-3-4-11)5-6-15(20)19-13/h5-6,8-11H,2-4,7H2,1H3. The molecule has 0 N–H and O–H groups in total. The number of carbonyl (C=O) groups excluding carboxylic acids is 1. The molecule has 3 aromatic heterocycles. The number of imidazole rings is 1. The van der Waals surface area contributed by atoms with Crippen LogP contribution in [0, 0.1) is 0 Å². The van der Waals surface area contributed by atoms with Crippen LogP contribution in [0.1, 0.15) is 51.6 Å². The van der Waals surface area contributed by atoms with Crippen LogP contribution in [0.5, 0.6) is 0 Å². The molecule has 1 fully saturated rings. The summed E-state index contributed by atoms with van der Waals surface area (Å²) in [5, 5.41) is 0.874. The van der Waals surface area contributed by atoms with Crippen molar-refractivity contribution in [2.75, 3.05) is 6.61 Å². The van der Waals surface area contributed by atoms with E-state index in [1.165, 1.54) is 29.7 Å². The Kier molecular flexibility index (Phi) is 3.61. The van der Waals surface area contributed by atoms with Crippen molar-refractivity contribution in [3.63, 3.8) is 0 Å². The lowest BCUT2D eigenvalue weighted by molar-refractivity contribution is 0.0532. The summed E-state index contributed by atoms with van der Waals surface area (Å²) in [7, 11) is 0. The largest absolute Gasteiger partial charge is 0.462 e. The lowest BCUT2D eigenvalue weighted by Gasteiger charge is -1.98. The highest BCUT2D eigenvalue weighted by molar-refractivity contribution is 7.13. The molecule has 6 heteroatoms. The zero-order valence-electron chi connectivity index (χ0n) is 12.9. The van der Waals surface area contributed by atoms with Gasteiger partial charge in [0.2, 0.25) is 0 Å². The van der Waals surface area contributed by atoms with Crippen molar-refractivity contribution in [2.45, 2.75) is 32.1 Å². The second-order valence-corrected chi connectivity index (χ2v) is 6.87. The minimum Gasteiger partial charge on any atom is -0.462 e. The Morgan fingerprint density at radius 1 is 1.39 bits per heavy atom. The third kappa shape index (κ3) is 2.99. The maximum Gasteiger partial charge on any atom is 0.349 e. The van der Waals surface area contributed by atoms with Crippen molar-refractivity contribution >= 4 is 23.0 Å². The first kappa shape index (κ1) is 14.4. The van der Waals surface area contributed by atoms with Crippen LogP contribution in [0.2, 0.25) is 0 Å². The number of hydrogen-bond donors (Lipinski definition) is 0. The Labute approximate surface area is 138 Å². The van der Waals surface area contributed by atoms with Crippen LogP contribution < -0.4 is 0 Å². The third-order valence-electron chi connectivity index (χ3n) is 3.94. The Morgan fingerprint density at radius 2 is 2.26 bits per heavy atom. The molecule has 0 aliphatic heterocycles. The number of rotatable bonds is 5. The number of thiazole rings is 1. The summed E-state index contributed by atoms with van der Waals surface area (Å²) in [5.41, 5.74) is 3.30. The second-order valence-electron chi connectivity index (χ2n) is 5.75. The van der Waals surface area contributed by atoms with Gasteiger partial charge in [0.15, 0.2) is 0 Å². The molecule has 5 nitrogen and oxygen atoms in total. The summed E-state index contributed by atoms with van der Waals surface area (Å²) < 4.78 is 7.08. The van der Waals surface area contributed by atoms with Crippen LogP contribution in [0.4, 0.5) is 0 Å². The van der Waals surface area contributed by atoms with Crippen LogP contribution in [-0.2, 0) is 11.2 Å². The zero-order chi connectivity index (χ0) is 15.8. The van der Waals surface area contributed by atoms with Gasteiger partial charge in [-0.3, -0.25) is 0 Å². The van der Waals surface area contributed by atoms with Crippen molar-refractivity contribution in [1.29, 1.82) is 0 Å². The minimum atomic E-state index is -0.305. The molecular formula is C17H17N3O2S. The maximum absolute atomic E-state index is 11.7. The Bertz CT molecular complexity index is 864. The predicted octanol–water partition coefficient (Wildman–Crippen LogP) is 3.44. The molecule has 0 radical (unpaired) electrons. The first-order chi connectivity index (χ1) is 11.2. The molecule has 1 saturated carbocycles. The monoisotopic (exact) mass is 327 g/mol.